The highest BCUT2D eigenvalue weighted by molar-refractivity contribution is 7.80. The molecule has 0 saturated carbocycles. The maximum Gasteiger partial charge on any atom is 0.426 e. The molecule has 0 aliphatic heterocycles. The van der Waals surface area contributed by atoms with Crippen LogP contribution in [-0.2, 0) is 4.74 Å². The lowest BCUT2D eigenvalue weighted by Gasteiger charge is -2.11. The number of thiocarbonyl (C=S) groups is 1. The van der Waals surface area contributed by atoms with E-state index in [4.69, 9.17) is 0 Å². The van der Waals surface area contributed by atoms with Crippen LogP contribution in [0.2, 0.25) is 0 Å². The molecule has 0 aliphatic carbocycles. The number of hydrogen-bond acceptors (Lipinski definition) is 2. The van der Waals surface area contributed by atoms with E-state index in [2.05, 4.69) is 17.0 Å². The van der Waals surface area contributed by atoms with Gasteiger partial charge in [0.1, 0.15) is 0 Å². The molecule has 76 valence electrons. The molecule has 0 unspecified atom stereocenters. The van der Waals surface area contributed by atoms with Crippen molar-refractivity contribution in [1.82, 2.24) is 0 Å². The zero-order chi connectivity index (χ0) is 10.6. The molecule has 7 heteroatoms. The Morgan fingerprint density at radius 2 is 1.77 bits per heavy atom. The van der Waals surface area contributed by atoms with Gasteiger partial charge in [-0.05, 0) is 19.1 Å². The van der Waals surface area contributed by atoms with Crippen LogP contribution in [0.3, 0.4) is 0 Å². The van der Waals surface area contributed by atoms with Gasteiger partial charge in [-0.2, -0.15) is 22.0 Å². The number of ether oxygens (including phenoxy) is 1. The van der Waals surface area contributed by atoms with Gasteiger partial charge in [0.2, 0.25) is 5.05 Å². The molecule has 0 fully saturated rings. The molecule has 0 aromatic carbocycles. The monoisotopic (exact) mass is 220 g/mol. The van der Waals surface area contributed by atoms with Crippen molar-refractivity contribution in [3.05, 3.63) is 11.7 Å². The van der Waals surface area contributed by atoms with E-state index in [0.29, 0.717) is 0 Å². The highest BCUT2D eigenvalue weighted by Gasteiger charge is 2.41. The lowest BCUT2D eigenvalue weighted by atomic mass is 10.3. The first-order chi connectivity index (χ1) is 5.80. The number of alkyl halides is 3. The summed E-state index contributed by atoms with van der Waals surface area (Å²) in [6.45, 7) is 1.15. The average molecular weight is 220 g/mol. The lowest BCUT2D eigenvalue weighted by molar-refractivity contribution is -0.0906. The Morgan fingerprint density at radius 1 is 1.31 bits per heavy atom. The minimum Gasteiger partial charge on any atom is -0.483 e. The molecule has 0 aliphatic rings. The van der Waals surface area contributed by atoms with E-state index in [9.17, 15) is 22.0 Å². The van der Waals surface area contributed by atoms with Crippen LogP contribution in [0.25, 0.3) is 0 Å². The minimum absolute atomic E-state index is 0.189. The van der Waals surface area contributed by atoms with Crippen molar-refractivity contribution in [3.63, 3.8) is 0 Å². The summed E-state index contributed by atoms with van der Waals surface area (Å²) < 4.78 is 63.2. The normalized spacial score (nSPS) is 10.9. The maximum absolute atomic E-state index is 11.8. The number of halogens is 5. The van der Waals surface area contributed by atoms with Crippen LogP contribution in [0.4, 0.5) is 22.0 Å². The summed E-state index contributed by atoms with van der Waals surface area (Å²) in [7, 11) is 0. The highest BCUT2D eigenvalue weighted by Crippen LogP contribution is 2.30. The molecular weight excluding hydrogens is 215 g/mol. The lowest BCUT2D eigenvalue weighted by Crippen LogP contribution is -2.21. The zero-order valence-corrected chi connectivity index (χ0v) is 7.23. The summed E-state index contributed by atoms with van der Waals surface area (Å²) >= 11 is 4.02. The summed E-state index contributed by atoms with van der Waals surface area (Å²) in [5.41, 5.74) is -2.18. The topological polar surface area (TPSA) is 9.23 Å². The molecule has 1 nitrogen and oxygen atoms in total. The molecule has 0 bridgehead atoms. The van der Waals surface area contributed by atoms with Gasteiger partial charge in [-0.1, -0.05) is 0 Å². The Balaban J connectivity index is 4.87. The van der Waals surface area contributed by atoms with E-state index in [0.717, 1.165) is 0 Å². The van der Waals surface area contributed by atoms with Gasteiger partial charge in [0, 0.05) is 0 Å². The van der Waals surface area contributed by atoms with Gasteiger partial charge in [-0.15, -0.1) is 0 Å². The summed E-state index contributed by atoms with van der Waals surface area (Å²) in [6.07, 6.45) is -8.06. The second kappa shape index (κ2) is 4.50. The van der Waals surface area contributed by atoms with Crippen LogP contribution in [0, 0.1) is 0 Å². The van der Waals surface area contributed by atoms with Crippen molar-refractivity contribution in [3.8, 4) is 0 Å². The van der Waals surface area contributed by atoms with Crippen LogP contribution < -0.4 is 0 Å². The van der Waals surface area contributed by atoms with Gasteiger partial charge in [-0.3, -0.25) is 0 Å². The van der Waals surface area contributed by atoms with Crippen LogP contribution in [-0.4, -0.2) is 17.8 Å². The SMILES string of the molecule is CCOC(=S)C(=C(F)F)C(F)(F)F. The van der Waals surface area contributed by atoms with E-state index in [1.54, 1.807) is 0 Å². The molecular formula is C6H5F5OS. The first-order valence-corrected chi connectivity index (χ1v) is 3.51. The van der Waals surface area contributed by atoms with E-state index < -0.39 is 22.9 Å². The van der Waals surface area contributed by atoms with Crippen molar-refractivity contribution >= 4 is 17.3 Å². The summed E-state index contributed by atoms with van der Waals surface area (Å²) in [5, 5.41) is -1.23. The zero-order valence-electron chi connectivity index (χ0n) is 6.41. The highest BCUT2D eigenvalue weighted by atomic mass is 32.1. The second-order valence-electron chi connectivity index (χ2n) is 1.85. The first-order valence-electron chi connectivity index (χ1n) is 3.10. The number of rotatable bonds is 2. The molecule has 0 aromatic rings. The molecule has 0 radical (unpaired) electrons. The molecule has 0 spiro atoms. The fourth-order valence-electron chi connectivity index (χ4n) is 0.503. The third kappa shape index (κ3) is 3.67. The van der Waals surface area contributed by atoms with Crippen LogP contribution in [0.1, 0.15) is 6.92 Å². The Kier molecular flexibility index (Phi) is 4.25. The van der Waals surface area contributed by atoms with Crippen molar-refractivity contribution in [2.75, 3.05) is 6.61 Å². The summed E-state index contributed by atoms with van der Waals surface area (Å²) in [4.78, 5) is 0. The van der Waals surface area contributed by atoms with Gasteiger partial charge in [0.05, 0.1) is 6.61 Å². The van der Waals surface area contributed by atoms with Crippen molar-refractivity contribution in [2.45, 2.75) is 13.1 Å². The van der Waals surface area contributed by atoms with Crippen LogP contribution in [0.15, 0.2) is 11.7 Å². The molecule has 0 heterocycles. The fourth-order valence-corrected chi connectivity index (χ4v) is 0.814. The molecule has 0 aromatic heterocycles. The van der Waals surface area contributed by atoms with Crippen LogP contribution in [0.5, 0.6) is 0 Å². The molecule has 0 rings (SSSR count). The number of hydrogen-bond donors (Lipinski definition) is 0. The van der Waals surface area contributed by atoms with E-state index in [1.165, 1.54) is 6.92 Å². The Hall–Kier alpha value is -0.720. The summed E-state index contributed by atoms with van der Waals surface area (Å²) in [5.74, 6) is 0. The van der Waals surface area contributed by atoms with Gasteiger partial charge in [0.15, 0.2) is 5.57 Å². The van der Waals surface area contributed by atoms with E-state index in [-0.39, 0.29) is 6.61 Å². The Bertz CT molecular complexity index is 228. The van der Waals surface area contributed by atoms with Crippen molar-refractivity contribution in [1.29, 1.82) is 0 Å². The molecule has 0 saturated heterocycles. The van der Waals surface area contributed by atoms with Gasteiger partial charge in [-0.25, -0.2) is 0 Å². The minimum atomic E-state index is -5.18. The third-order valence-corrected chi connectivity index (χ3v) is 1.27. The van der Waals surface area contributed by atoms with Gasteiger partial charge < -0.3 is 4.74 Å². The summed E-state index contributed by atoms with van der Waals surface area (Å²) in [6, 6.07) is 0. The van der Waals surface area contributed by atoms with Gasteiger partial charge in [0.25, 0.3) is 6.08 Å². The largest absolute Gasteiger partial charge is 0.483 e. The fraction of sp³-hybridized carbons (Fsp3) is 0.500. The van der Waals surface area contributed by atoms with Gasteiger partial charge >= 0.3 is 6.18 Å². The maximum atomic E-state index is 11.8. The molecule has 0 atom stereocenters. The van der Waals surface area contributed by atoms with Crippen molar-refractivity contribution < 1.29 is 26.7 Å². The second-order valence-corrected chi connectivity index (χ2v) is 2.22. The smallest absolute Gasteiger partial charge is 0.426 e. The quantitative estimate of drug-likeness (QED) is 0.402. The third-order valence-electron chi connectivity index (χ3n) is 0.952. The van der Waals surface area contributed by atoms with Crippen LogP contribution >= 0.6 is 12.2 Å². The Labute approximate surface area is 76.2 Å². The predicted molar refractivity (Wildman–Crippen MR) is 39.5 cm³/mol. The van der Waals surface area contributed by atoms with Crippen molar-refractivity contribution in [2.24, 2.45) is 0 Å². The Morgan fingerprint density at radius 3 is 2.00 bits per heavy atom. The average Bonchev–Trinajstić information content (AvgIpc) is 1.82. The predicted octanol–water partition coefficient (Wildman–Crippen LogP) is 3.06. The standard InChI is InChI=1S/C6H5F5OS/c1-2-12-5(13)3(4(7)8)6(9,10)11/h2H2,1H3. The van der Waals surface area contributed by atoms with E-state index in [1.807, 2.05) is 0 Å². The molecule has 13 heavy (non-hydrogen) atoms. The van der Waals surface area contributed by atoms with E-state index >= 15 is 0 Å². The molecule has 0 amide bonds. The molecule has 0 N–H and O–H groups in total. The first kappa shape index (κ1) is 12.3.